The Morgan fingerprint density at radius 2 is 2.22 bits per heavy atom. The highest BCUT2D eigenvalue weighted by molar-refractivity contribution is 5.97. The summed E-state index contributed by atoms with van der Waals surface area (Å²) in [6.45, 7) is 0.787. The highest BCUT2D eigenvalue weighted by Gasteiger charge is 2.30. The molecule has 0 spiro atoms. The third kappa shape index (κ3) is 3.01. The lowest BCUT2D eigenvalue weighted by molar-refractivity contribution is 0.0948. The minimum Gasteiger partial charge on any atom is -0.396 e. The number of rotatable bonds is 7. The molecule has 0 atom stereocenters. The van der Waals surface area contributed by atoms with Gasteiger partial charge in [-0.3, -0.25) is 9.89 Å². The van der Waals surface area contributed by atoms with Crippen LogP contribution < -0.4 is 11.1 Å². The van der Waals surface area contributed by atoms with Crippen LogP contribution in [0.25, 0.3) is 0 Å². The van der Waals surface area contributed by atoms with Crippen LogP contribution in [0.2, 0.25) is 0 Å². The van der Waals surface area contributed by atoms with E-state index in [0.29, 0.717) is 23.8 Å². The average Bonchev–Trinajstić information content (AvgIpc) is 3.12. The van der Waals surface area contributed by atoms with Gasteiger partial charge in [-0.2, -0.15) is 5.10 Å². The van der Waals surface area contributed by atoms with Crippen LogP contribution in [-0.4, -0.2) is 34.4 Å². The SMILES string of the molecule is Nc1c(C(=O)NCCCCCO)n[nH]c1C1CC1. The maximum Gasteiger partial charge on any atom is 0.273 e. The predicted octanol–water partition coefficient (Wildman–Crippen LogP) is 0.762. The van der Waals surface area contributed by atoms with Crippen molar-refractivity contribution in [3.05, 3.63) is 11.4 Å². The van der Waals surface area contributed by atoms with Crippen molar-refractivity contribution in [2.24, 2.45) is 0 Å². The van der Waals surface area contributed by atoms with Crippen molar-refractivity contribution in [1.29, 1.82) is 0 Å². The minimum absolute atomic E-state index is 0.199. The van der Waals surface area contributed by atoms with Crippen molar-refractivity contribution in [1.82, 2.24) is 15.5 Å². The molecule has 1 aromatic heterocycles. The van der Waals surface area contributed by atoms with Crippen molar-refractivity contribution in [3.63, 3.8) is 0 Å². The molecule has 1 aliphatic rings. The standard InChI is InChI=1S/C12H20N4O2/c13-9-10(8-4-5-8)15-16-11(9)12(18)14-6-2-1-3-7-17/h8,17H,1-7,13H2,(H,14,18)(H,15,16). The van der Waals surface area contributed by atoms with E-state index in [0.717, 1.165) is 37.8 Å². The topological polar surface area (TPSA) is 104 Å². The van der Waals surface area contributed by atoms with Crippen LogP contribution in [0, 0.1) is 0 Å². The summed E-state index contributed by atoms with van der Waals surface area (Å²) in [5, 5.41) is 18.3. The Balaban J connectivity index is 1.81. The van der Waals surface area contributed by atoms with Crippen LogP contribution in [0.1, 0.15) is 54.2 Å². The molecule has 1 aliphatic carbocycles. The predicted molar refractivity (Wildman–Crippen MR) is 68.2 cm³/mol. The van der Waals surface area contributed by atoms with Crippen molar-refractivity contribution in [3.8, 4) is 0 Å². The van der Waals surface area contributed by atoms with Gasteiger partial charge in [-0.1, -0.05) is 0 Å². The Morgan fingerprint density at radius 3 is 2.89 bits per heavy atom. The van der Waals surface area contributed by atoms with Crippen molar-refractivity contribution in [2.75, 3.05) is 18.9 Å². The molecule has 0 aromatic carbocycles. The van der Waals surface area contributed by atoms with E-state index in [1.165, 1.54) is 0 Å². The molecule has 2 rings (SSSR count). The second-order valence-electron chi connectivity index (χ2n) is 4.71. The summed E-state index contributed by atoms with van der Waals surface area (Å²) in [5.41, 5.74) is 7.61. The van der Waals surface area contributed by atoms with E-state index in [4.69, 9.17) is 10.8 Å². The van der Waals surface area contributed by atoms with Gasteiger partial charge in [0, 0.05) is 19.1 Å². The fourth-order valence-electron chi connectivity index (χ4n) is 1.92. The normalized spacial score (nSPS) is 14.7. The van der Waals surface area contributed by atoms with Crippen LogP contribution in [0.5, 0.6) is 0 Å². The van der Waals surface area contributed by atoms with E-state index in [9.17, 15) is 4.79 Å². The van der Waals surface area contributed by atoms with Gasteiger partial charge in [-0.05, 0) is 32.1 Å². The zero-order chi connectivity index (χ0) is 13.0. The van der Waals surface area contributed by atoms with Crippen LogP contribution in [0.15, 0.2) is 0 Å². The Morgan fingerprint density at radius 1 is 1.44 bits per heavy atom. The number of H-pyrrole nitrogens is 1. The number of nitrogens with zero attached hydrogens (tertiary/aromatic N) is 1. The number of aromatic amines is 1. The molecule has 0 saturated heterocycles. The number of nitrogen functional groups attached to an aromatic ring is 1. The molecule has 6 heteroatoms. The fourth-order valence-corrected chi connectivity index (χ4v) is 1.92. The summed E-state index contributed by atoms with van der Waals surface area (Å²) < 4.78 is 0. The number of aliphatic hydroxyl groups is 1. The first-order valence-corrected chi connectivity index (χ1v) is 6.46. The maximum atomic E-state index is 11.8. The van der Waals surface area contributed by atoms with Gasteiger partial charge in [-0.15, -0.1) is 0 Å². The van der Waals surface area contributed by atoms with Gasteiger partial charge in [-0.25, -0.2) is 0 Å². The lowest BCUT2D eigenvalue weighted by Gasteiger charge is -2.03. The number of carbonyl (C=O) groups is 1. The van der Waals surface area contributed by atoms with Crippen LogP contribution in [0.4, 0.5) is 5.69 Å². The molecule has 1 amide bonds. The lowest BCUT2D eigenvalue weighted by Crippen LogP contribution is -2.25. The number of hydrogen-bond acceptors (Lipinski definition) is 4. The van der Waals surface area contributed by atoms with Crippen molar-refractivity contribution >= 4 is 11.6 Å². The third-order valence-corrected chi connectivity index (χ3v) is 3.15. The van der Waals surface area contributed by atoms with E-state index in [-0.39, 0.29) is 12.5 Å². The average molecular weight is 252 g/mol. The van der Waals surface area contributed by atoms with E-state index < -0.39 is 0 Å². The molecule has 0 aliphatic heterocycles. The summed E-state index contributed by atoms with van der Waals surface area (Å²) in [4.78, 5) is 11.8. The summed E-state index contributed by atoms with van der Waals surface area (Å²) in [7, 11) is 0. The number of aliphatic hydroxyl groups excluding tert-OH is 1. The van der Waals surface area contributed by atoms with Crippen molar-refractivity contribution in [2.45, 2.75) is 38.0 Å². The first-order valence-electron chi connectivity index (χ1n) is 6.46. The molecular weight excluding hydrogens is 232 g/mol. The number of amides is 1. The number of carbonyl (C=O) groups excluding carboxylic acids is 1. The van der Waals surface area contributed by atoms with E-state index >= 15 is 0 Å². The van der Waals surface area contributed by atoms with E-state index in [1.807, 2.05) is 0 Å². The molecule has 0 bridgehead atoms. The first-order chi connectivity index (χ1) is 8.74. The second kappa shape index (κ2) is 5.86. The summed E-state index contributed by atoms with van der Waals surface area (Å²) in [6, 6.07) is 0. The summed E-state index contributed by atoms with van der Waals surface area (Å²) in [5.74, 6) is 0.239. The highest BCUT2D eigenvalue weighted by Crippen LogP contribution is 2.42. The van der Waals surface area contributed by atoms with E-state index in [1.54, 1.807) is 0 Å². The van der Waals surface area contributed by atoms with Gasteiger partial charge in [0.2, 0.25) is 0 Å². The van der Waals surface area contributed by atoms with Crippen LogP contribution in [-0.2, 0) is 0 Å². The zero-order valence-electron chi connectivity index (χ0n) is 10.4. The molecule has 1 heterocycles. The van der Waals surface area contributed by atoms with Crippen LogP contribution in [0.3, 0.4) is 0 Å². The number of nitrogens with two attached hydrogens (primary N) is 1. The number of hydrogen-bond donors (Lipinski definition) is 4. The molecule has 1 fully saturated rings. The molecule has 1 aromatic rings. The van der Waals surface area contributed by atoms with Gasteiger partial charge in [0.15, 0.2) is 5.69 Å². The molecule has 100 valence electrons. The van der Waals surface area contributed by atoms with Gasteiger partial charge in [0.1, 0.15) is 0 Å². The molecule has 5 N–H and O–H groups in total. The summed E-state index contributed by atoms with van der Waals surface area (Å²) >= 11 is 0. The number of unbranched alkanes of at least 4 members (excludes halogenated alkanes) is 2. The second-order valence-corrected chi connectivity index (χ2v) is 4.71. The fraction of sp³-hybridized carbons (Fsp3) is 0.667. The van der Waals surface area contributed by atoms with Gasteiger partial charge in [0.05, 0.1) is 11.4 Å². The maximum absolute atomic E-state index is 11.8. The first kappa shape index (κ1) is 12.9. The summed E-state index contributed by atoms with van der Waals surface area (Å²) in [6.07, 6.45) is 4.77. The van der Waals surface area contributed by atoms with Crippen LogP contribution >= 0.6 is 0 Å². The van der Waals surface area contributed by atoms with E-state index in [2.05, 4.69) is 15.5 Å². The molecule has 18 heavy (non-hydrogen) atoms. The zero-order valence-corrected chi connectivity index (χ0v) is 10.4. The molecule has 6 nitrogen and oxygen atoms in total. The molecule has 0 unspecified atom stereocenters. The Labute approximate surface area is 106 Å². The molecule has 0 radical (unpaired) electrons. The number of aromatic nitrogens is 2. The smallest absolute Gasteiger partial charge is 0.273 e. The minimum atomic E-state index is -0.223. The highest BCUT2D eigenvalue weighted by atomic mass is 16.2. The van der Waals surface area contributed by atoms with Crippen molar-refractivity contribution < 1.29 is 9.90 Å². The Bertz CT molecular complexity index is 412. The Hall–Kier alpha value is -1.56. The monoisotopic (exact) mass is 252 g/mol. The quantitative estimate of drug-likeness (QED) is 0.538. The lowest BCUT2D eigenvalue weighted by atomic mass is 10.2. The molecule has 1 saturated carbocycles. The van der Waals surface area contributed by atoms with Gasteiger partial charge >= 0.3 is 0 Å². The van der Waals surface area contributed by atoms with Gasteiger partial charge in [0.25, 0.3) is 5.91 Å². The largest absolute Gasteiger partial charge is 0.396 e. The number of nitrogens with one attached hydrogen (secondary N) is 2. The van der Waals surface area contributed by atoms with Gasteiger partial charge < -0.3 is 16.2 Å². The molecular formula is C12H20N4O2. The Kier molecular flexibility index (Phi) is 4.19. The third-order valence-electron chi connectivity index (χ3n) is 3.15. The number of anilines is 1.